The van der Waals surface area contributed by atoms with E-state index in [9.17, 15) is 0 Å². The Morgan fingerprint density at radius 1 is 0.289 bits per heavy atom. The zero-order chi connectivity index (χ0) is 29.2. The highest BCUT2D eigenvalue weighted by molar-refractivity contribution is 6.36. The van der Waals surface area contributed by atoms with Gasteiger partial charge in [0.2, 0.25) is 0 Å². The Hall–Kier alpha value is -6.06. The maximum Gasteiger partial charge on any atom is 0.0628 e. The van der Waals surface area contributed by atoms with Crippen molar-refractivity contribution in [2.24, 2.45) is 0 Å². The Morgan fingerprint density at radius 2 is 0.800 bits per heavy atom. The van der Waals surface area contributed by atoms with Crippen molar-refractivity contribution in [2.45, 2.75) is 0 Å². The molecule has 0 aliphatic carbocycles. The summed E-state index contributed by atoms with van der Waals surface area (Å²) < 4.78 is 7.39. The Bertz CT molecular complexity index is 2960. The lowest BCUT2D eigenvalue weighted by Gasteiger charge is -2.08. The molecule has 0 N–H and O–H groups in total. The minimum atomic E-state index is 1.18. The second-order valence-electron chi connectivity index (χ2n) is 12.2. The molecule has 0 saturated carbocycles. The van der Waals surface area contributed by atoms with Gasteiger partial charge in [0.25, 0.3) is 0 Å². The third kappa shape index (κ3) is 2.86. The van der Waals surface area contributed by atoms with E-state index in [1.807, 2.05) is 0 Å². The number of para-hydroxylation sites is 5. The summed E-state index contributed by atoms with van der Waals surface area (Å²) in [6.07, 6.45) is 0. The van der Waals surface area contributed by atoms with Crippen LogP contribution in [0.5, 0.6) is 0 Å². The van der Waals surface area contributed by atoms with Crippen LogP contribution in [0.2, 0.25) is 0 Å². The van der Waals surface area contributed by atoms with Gasteiger partial charge in [-0.25, -0.2) is 0 Å². The van der Waals surface area contributed by atoms with Crippen LogP contribution >= 0.6 is 0 Å². The molecule has 7 aromatic carbocycles. The maximum atomic E-state index is 2.52. The maximum absolute atomic E-state index is 2.52. The second-order valence-corrected chi connectivity index (χ2v) is 12.2. The van der Waals surface area contributed by atoms with Crippen LogP contribution in [0.4, 0.5) is 0 Å². The summed E-state index contributed by atoms with van der Waals surface area (Å²) in [6.45, 7) is 0. The van der Waals surface area contributed by atoms with Gasteiger partial charge >= 0.3 is 0 Å². The summed E-state index contributed by atoms with van der Waals surface area (Å²) in [6, 6.07) is 55.5. The van der Waals surface area contributed by atoms with Gasteiger partial charge in [0.05, 0.1) is 38.6 Å². The van der Waals surface area contributed by atoms with E-state index in [4.69, 9.17) is 0 Å². The fourth-order valence-corrected chi connectivity index (χ4v) is 8.18. The number of rotatable bonds is 2. The number of hydrogen-bond acceptors (Lipinski definition) is 0. The number of benzene rings is 7. The van der Waals surface area contributed by atoms with Crippen LogP contribution in [0.25, 0.3) is 93.1 Å². The number of aromatic nitrogens is 3. The van der Waals surface area contributed by atoms with Gasteiger partial charge in [0.1, 0.15) is 0 Å². The minimum Gasteiger partial charge on any atom is -0.309 e. The van der Waals surface area contributed by atoms with E-state index in [1.165, 1.54) is 93.1 Å². The molecule has 0 unspecified atom stereocenters. The molecule has 0 amide bonds. The molecule has 0 bridgehead atoms. The molecule has 45 heavy (non-hydrogen) atoms. The highest BCUT2D eigenvalue weighted by Gasteiger charge is 2.25. The Kier molecular flexibility index (Phi) is 4.32. The van der Waals surface area contributed by atoms with Crippen LogP contribution in [0, 0.1) is 0 Å². The largest absolute Gasteiger partial charge is 0.309 e. The van der Waals surface area contributed by atoms with E-state index in [-0.39, 0.29) is 0 Å². The summed E-state index contributed by atoms with van der Waals surface area (Å²) in [5.74, 6) is 0. The van der Waals surface area contributed by atoms with E-state index in [0.29, 0.717) is 0 Å². The summed E-state index contributed by atoms with van der Waals surface area (Å²) >= 11 is 0. The van der Waals surface area contributed by atoms with Gasteiger partial charge < -0.3 is 13.5 Å². The van der Waals surface area contributed by atoms with Crippen LogP contribution in [0.1, 0.15) is 0 Å². The van der Waals surface area contributed by atoms with E-state index in [1.54, 1.807) is 0 Å². The Morgan fingerprint density at radius 3 is 1.49 bits per heavy atom. The summed E-state index contributed by atoms with van der Waals surface area (Å²) in [7, 11) is 0. The van der Waals surface area contributed by atoms with Crippen molar-refractivity contribution < 1.29 is 0 Å². The van der Waals surface area contributed by atoms with E-state index >= 15 is 0 Å². The van der Waals surface area contributed by atoms with Gasteiger partial charge in [-0.05, 0) is 60.7 Å². The van der Waals surface area contributed by atoms with Crippen molar-refractivity contribution in [3.05, 3.63) is 152 Å². The first-order valence-electron chi connectivity index (χ1n) is 15.5. The molecule has 4 aromatic heterocycles. The third-order valence-electron chi connectivity index (χ3n) is 9.92. The molecule has 0 saturated heterocycles. The first-order chi connectivity index (χ1) is 22.4. The van der Waals surface area contributed by atoms with E-state index < -0.39 is 0 Å². The highest BCUT2D eigenvalue weighted by Crippen LogP contribution is 2.48. The lowest BCUT2D eigenvalue weighted by atomic mass is 10.0. The molecule has 0 radical (unpaired) electrons. The third-order valence-corrected chi connectivity index (χ3v) is 9.92. The average Bonchev–Trinajstić information content (AvgIpc) is 3.81. The van der Waals surface area contributed by atoms with Gasteiger partial charge in [-0.1, -0.05) is 91.0 Å². The molecule has 0 atom stereocenters. The zero-order valence-corrected chi connectivity index (χ0v) is 24.3. The van der Waals surface area contributed by atoms with Gasteiger partial charge in [-0.2, -0.15) is 0 Å². The van der Waals surface area contributed by atoms with E-state index in [0.717, 1.165) is 0 Å². The van der Waals surface area contributed by atoms with Gasteiger partial charge in [-0.3, -0.25) is 0 Å². The average molecular weight is 572 g/mol. The van der Waals surface area contributed by atoms with Crippen molar-refractivity contribution >= 4 is 81.7 Å². The number of hydrogen-bond donors (Lipinski definition) is 0. The molecule has 3 nitrogen and oxygen atoms in total. The molecule has 11 rings (SSSR count). The molecule has 0 aliphatic heterocycles. The smallest absolute Gasteiger partial charge is 0.0628 e. The second kappa shape index (κ2) is 8.31. The summed E-state index contributed by atoms with van der Waals surface area (Å²) in [4.78, 5) is 0. The van der Waals surface area contributed by atoms with Crippen LogP contribution in [-0.2, 0) is 0 Å². The van der Waals surface area contributed by atoms with Crippen molar-refractivity contribution in [2.75, 3.05) is 0 Å². The summed E-state index contributed by atoms with van der Waals surface area (Å²) in [5, 5.41) is 10.4. The standard InChI is InChI=1S/C42H25N3/c1-3-13-26(14-4-1)43-34-20-10-7-17-28(34)31-23-32-33-24-39-40(29-18-8-11-21-35(29)44(39)27-15-5-2-6-16-27)41-30-19-9-12-22-36(30)45(42(33)41)38(32)25-37(31)43/h1-25H. The van der Waals surface area contributed by atoms with Crippen molar-refractivity contribution in [3.63, 3.8) is 0 Å². The first kappa shape index (κ1) is 23.4. The van der Waals surface area contributed by atoms with Crippen molar-refractivity contribution in [1.29, 1.82) is 0 Å². The lowest BCUT2D eigenvalue weighted by Crippen LogP contribution is -1.93. The highest BCUT2D eigenvalue weighted by atomic mass is 15.0. The van der Waals surface area contributed by atoms with Gasteiger partial charge in [-0.15, -0.1) is 0 Å². The molecular formula is C42H25N3. The molecule has 11 aromatic rings. The van der Waals surface area contributed by atoms with Crippen LogP contribution in [-0.4, -0.2) is 13.5 Å². The normalized spacial score (nSPS) is 12.4. The van der Waals surface area contributed by atoms with E-state index in [2.05, 4.69) is 165 Å². The van der Waals surface area contributed by atoms with Gasteiger partial charge in [0.15, 0.2) is 0 Å². The molecule has 208 valence electrons. The molecule has 0 fully saturated rings. The molecule has 4 heterocycles. The summed E-state index contributed by atoms with van der Waals surface area (Å²) in [5.41, 5.74) is 11.1. The van der Waals surface area contributed by atoms with Gasteiger partial charge in [0, 0.05) is 54.5 Å². The fraction of sp³-hybridized carbons (Fsp3) is 0. The lowest BCUT2D eigenvalue weighted by molar-refractivity contribution is 1.18. The molecular weight excluding hydrogens is 546 g/mol. The molecule has 0 spiro atoms. The van der Waals surface area contributed by atoms with Crippen molar-refractivity contribution in [3.8, 4) is 11.4 Å². The molecule has 0 aliphatic rings. The van der Waals surface area contributed by atoms with Crippen LogP contribution in [0.15, 0.2) is 152 Å². The first-order valence-corrected chi connectivity index (χ1v) is 15.5. The quantitative estimate of drug-likeness (QED) is 0.196. The minimum absolute atomic E-state index is 1.18. The monoisotopic (exact) mass is 571 g/mol. The zero-order valence-electron chi connectivity index (χ0n) is 24.3. The fourth-order valence-electron chi connectivity index (χ4n) is 8.18. The Balaban J connectivity index is 1.41. The SMILES string of the molecule is c1ccc(-n2c3ccccc3c3cc4c5cc6c(c7ccccc7n6-c6ccccc6)c6c7ccccc7n(c4cc32)c56)cc1. The van der Waals surface area contributed by atoms with Crippen LogP contribution in [0.3, 0.4) is 0 Å². The number of fused-ring (bicyclic) bond motifs is 13. The topological polar surface area (TPSA) is 14.3 Å². The van der Waals surface area contributed by atoms with Crippen molar-refractivity contribution in [1.82, 2.24) is 13.5 Å². The predicted octanol–water partition coefficient (Wildman–Crippen LogP) is 11.0. The Labute approximate surface area is 257 Å². The van der Waals surface area contributed by atoms with Crippen LogP contribution < -0.4 is 0 Å². The molecule has 3 heteroatoms. The number of nitrogens with zero attached hydrogens (tertiary/aromatic N) is 3. The predicted molar refractivity (Wildman–Crippen MR) is 190 cm³/mol.